The van der Waals surface area contributed by atoms with Gasteiger partial charge >= 0.3 is 0 Å². The van der Waals surface area contributed by atoms with Gasteiger partial charge in [0.2, 0.25) is 11.8 Å². The van der Waals surface area contributed by atoms with Crippen LogP contribution < -0.4 is 10.1 Å². The summed E-state index contributed by atoms with van der Waals surface area (Å²) in [5, 5.41) is 3.29. The van der Waals surface area contributed by atoms with E-state index in [1.165, 1.54) is 16.7 Å². The standard InChI is InChI=1S/C20H19N3O2/c1-2-7-17(8-3-1)25-19-9-11-21-20(23-19)22-13-15-5-4-6-16-14-24-12-10-18(15)16/h1-9,11H,10,12-14H2,(H,21,22,23). The molecule has 25 heavy (non-hydrogen) atoms. The maximum Gasteiger partial charge on any atom is 0.226 e. The summed E-state index contributed by atoms with van der Waals surface area (Å²) in [6.07, 6.45) is 2.65. The SMILES string of the molecule is c1ccc(Oc2ccnc(NCc3cccc4c3CCOC4)n2)cc1. The maximum absolute atomic E-state index is 5.75. The van der Waals surface area contributed by atoms with Gasteiger partial charge in [-0.1, -0.05) is 36.4 Å². The summed E-state index contributed by atoms with van der Waals surface area (Å²) in [6, 6.07) is 17.7. The van der Waals surface area contributed by atoms with Crippen LogP contribution in [-0.4, -0.2) is 16.6 Å². The molecule has 2 heterocycles. The highest BCUT2D eigenvalue weighted by Gasteiger charge is 2.13. The second kappa shape index (κ2) is 7.32. The lowest BCUT2D eigenvalue weighted by Gasteiger charge is -2.20. The van der Waals surface area contributed by atoms with Crippen LogP contribution in [-0.2, 0) is 24.3 Å². The fraction of sp³-hybridized carbons (Fsp3) is 0.200. The Morgan fingerprint density at radius 1 is 1.04 bits per heavy atom. The predicted molar refractivity (Wildman–Crippen MR) is 95.7 cm³/mol. The normalized spacial score (nSPS) is 13.1. The van der Waals surface area contributed by atoms with Crippen LogP contribution in [0.3, 0.4) is 0 Å². The zero-order chi connectivity index (χ0) is 16.9. The molecule has 2 aromatic carbocycles. The molecule has 3 aromatic rings. The quantitative estimate of drug-likeness (QED) is 0.766. The van der Waals surface area contributed by atoms with Gasteiger partial charge in [0.05, 0.1) is 13.2 Å². The zero-order valence-corrected chi connectivity index (χ0v) is 13.8. The van der Waals surface area contributed by atoms with E-state index < -0.39 is 0 Å². The van der Waals surface area contributed by atoms with Gasteiger partial charge in [-0.3, -0.25) is 0 Å². The summed E-state index contributed by atoms with van der Waals surface area (Å²) in [5.74, 6) is 1.83. The van der Waals surface area contributed by atoms with Crippen LogP contribution in [0.25, 0.3) is 0 Å². The van der Waals surface area contributed by atoms with Gasteiger partial charge in [0.25, 0.3) is 0 Å². The van der Waals surface area contributed by atoms with Crippen molar-refractivity contribution in [3.05, 3.63) is 77.5 Å². The van der Waals surface area contributed by atoms with Crippen molar-refractivity contribution in [2.24, 2.45) is 0 Å². The van der Waals surface area contributed by atoms with Gasteiger partial charge < -0.3 is 14.8 Å². The highest BCUT2D eigenvalue weighted by Crippen LogP contribution is 2.22. The molecule has 0 amide bonds. The lowest BCUT2D eigenvalue weighted by molar-refractivity contribution is 0.110. The predicted octanol–water partition coefficient (Wildman–Crippen LogP) is 3.95. The minimum Gasteiger partial charge on any atom is -0.439 e. The summed E-state index contributed by atoms with van der Waals surface area (Å²) in [6.45, 7) is 2.15. The molecule has 5 nitrogen and oxygen atoms in total. The Bertz CT molecular complexity index is 853. The number of hydrogen-bond acceptors (Lipinski definition) is 5. The lowest BCUT2D eigenvalue weighted by Crippen LogP contribution is -2.14. The van der Waals surface area contributed by atoms with Crippen molar-refractivity contribution >= 4 is 5.95 Å². The highest BCUT2D eigenvalue weighted by molar-refractivity contribution is 5.39. The smallest absolute Gasteiger partial charge is 0.226 e. The number of nitrogens with zero attached hydrogens (tertiary/aromatic N) is 2. The Morgan fingerprint density at radius 3 is 2.88 bits per heavy atom. The summed E-state index contributed by atoms with van der Waals surface area (Å²) < 4.78 is 11.3. The summed E-state index contributed by atoms with van der Waals surface area (Å²) in [4.78, 5) is 8.71. The molecule has 1 aliphatic rings. The molecular formula is C20H19N3O2. The van der Waals surface area contributed by atoms with Gasteiger partial charge in [-0.25, -0.2) is 4.98 Å². The average Bonchev–Trinajstić information content (AvgIpc) is 2.67. The number of aromatic nitrogens is 2. The molecule has 0 fully saturated rings. The minimum atomic E-state index is 0.521. The molecule has 4 rings (SSSR count). The van der Waals surface area contributed by atoms with Crippen LogP contribution in [0.4, 0.5) is 5.95 Å². The number of nitrogens with one attached hydrogen (secondary N) is 1. The van der Waals surface area contributed by atoms with Crippen molar-refractivity contribution in [3.8, 4) is 11.6 Å². The Balaban J connectivity index is 1.46. The average molecular weight is 333 g/mol. The summed E-state index contributed by atoms with van der Waals surface area (Å²) in [5.41, 5.74) is 3.91. The van der Waals surface area contributed by atoms with E-state index in [0.717, 1.165) is 18.8 Å². The van der Waals surface area contributed by atoms with E-state index in [-0.39, 0.29) is 0 Å². The molecule has 1 aromatic heterocycles. The third kappa shape index (κ3) is 3.78. The molecule has 0 saturated heterocycles. The van der Waals surface area contributed by atoms with E-state index in [1.807, 2.05) is 30.3 Å². The monoisotopic (exact) mass is 333 g/mol. The second-order valence-electron chi connectivity index (χ2n) is 5.84. The molecule has 0 spiro atoms. The number of ether oxygens (including phenoxy) is 2. The van der Waals surface area contributed by atoms with Crippen molar-refractivity contribution in [2.45, 2.75) is 19.6 Å². The van der Waals surface area contributed by atoms with Crippen molar-refractivity contribution in [2.75, 3.05) is 11.9 Å². The molecule has 0 atom stereocenters. The summed E-state index contributed by atoms with van der Waals surface area (Å²) in [7, 11) is 0. The fourth-order valence-corrected chi connectivity index (χ4v) is 2.93. The topological polar surface area (TPSA) is 56.3 Å². The van der Waals surface area contributed by atoms with Crippen LogP contribution in [0.2, 0.25) is 0 Å². The molecule has 5 heteroatoms. The molecular weight excluding hydrogens is 314 g/mol. The van der Waals surface area contributed by atoms with E-state index in [1.54, 1.807) is 12.3 Å². The zero-order valence-electron chi connectivity index (χ0n) is 13.8. The van der Waals surface area contributed by atoms with E-state index in [4.69, 9.17) is 9.47 Å². The van der Waals surface area contributed by atoms with E-state index in [9.17, 15) is 0 Å². The first-order valence-corrected chi connectivity index (χ1v) is 8.36. The van der Waals surface area contributed by atoms with Crippen LogP contribution in [0, 0.1) is 0 Å². The number of benzene rings is 2. The van der Waals surface area contributed by atoms with Crippen molar-refractivity contribution in [3.63, 3.8) is 0 Å². The largest absolute Gasteiger partial charge is 0.439 e. The van der Waals surface area contributed by atoms with Gasteiger partial charge in [0.15, 0.2) is 0 Å². The van der Waals surface area contributed by atoms with Crippen LogP contribution in [0.15, 0.2) is 60.8 Å². The van der Waals surface area contributed by atoms with E-state index >= 15 is 0 Å². The van der Waals surface area contributed by atoms with Crippen molar-refractivity contribution in [1.82, 2.24) is 9.97 Å². The number of hydrogen-bond donors (Lipinski definition) is 1. The maximum atomic E-state index is 5.75. The molecule has 1 aliphatic heterocycles. The van der Waals surface area contributed by atoms with Crippen molar-refractivity contribution < 1.29 is 9.47 Å². The molecule has 0 radical (unpaired) electrons. The van der Waals surface area contributed by atoms with E-state index in [2.05, 4.69) is 33.5 Å². The fourth-order valence-electron chi connectivity index (χ4n) is 2.93. The van der Waals surface area contributed by atoms with Crippen LogP contribution in [0.1, 0.15) is 16.7 Å². The first-order chi connectivity index (χ1) is 12.4. The molecule has 0 bridgehead atoms. The molecule has 1 N–H and O–H groups in total. The van der Waals surface area contributed by atoms with Crippen LogP contribution >= 0.6 is 0 Å². The molecule has 0 unspecified atom stereocenters. The number of para-hydroxylation sites is 1. The number of anilines is 1. The molecule has 126 valence electrons. The second-order valence-corrected chi connectivity index (χ2v) is 5.84. The molecule has 0 aliphatic carbocycles. The first-order valence-electron chi connectivity index (χ1n) is 8.36. The van der Waals surface area contributed by atoms with Gasteiger partial charge in [-0.15, -0.1) is 0 Å². The Hall–Kier alpha value is -2.92. The Labute approximate surface area is 146 Å². The van der Waals surface area contributed by atoms with Crippen LogP contribution in [0.5, 0.6) is 11.6 Å². The van der Waals surface area contributed by atoms with Gasteiger partial charge in [0, 0.05) is 18.8 Å². The minimum absolute atomic E-state index is 0.521. The first kappa shape index (κ1) is 15.6. The Morgan fingerprint density at radius 2 is 1.96 bits per heavy atom. The van der Waals surface area contributed by atoms with Gasteiger partial charge in [-0.05, 0) is 35.2 Å². The van der Waals surface area contributed by atoms with E-state index in [0.29, 0.717) is 25.0 Å². The van der Waals surface area contributed by atoms with Gasteiger partial charge in [-0.2, -0.15) is 4.98 Å². The van der Waals surface area contributed by atoms with Gasteiger partial charge in [0.1, 0.15) is 5.75 Å². The van der Waals surface area contributed by atoms with Crippen molar-refractivity contribution in [1.29, 1.82) is 0 Å². The number of fused-ring (bicyclic) bond motifs is 1. The summed E-state index contributed by atoms with van der Waals surface area (Å²) >= 11 is 0. The highest BCUT2D eigenvalue weighted by atomic mass is 16.5. The third-order valence-electron chi connectivity index (χ3n) is 4.16. The third-order valence-corrected chi connectivity index (χ3v) is 4.16. The lowest BCUT2D eigenvalue weighted by atomic mass is 9.97. The molecule has 0 saturated carbocycles. The Kier molecular flexibility index (Phi) is 4.57. The number of rotatable bonds is 5.